The standard InChI is InChI=1S/C13H20N2O3/c1-9(2)5-4-6-18-11-8-15-12(14)7-10(11)13(16)17-3/h7-9H,4-6H2,1-3H3,(H2,14,15). The van der Waals surface area contributed by atoms with E-state index in [1.807, 2.05) is 0 Å². The summed E-state index contributed by atoms with van der Waals surface area (Å²) in [6, 6.07) is 1.46. The van der Waals surface area contributed by atoms with Crippen LogP contribution in [0.15, 0.2) is 12.3 Å². The van der Waals surface area contributed by atoms with Gasteiger partial charge < -0.3 is 15.2 Å². The molecule has 0 aliphatic rings. The van der Waals surface area contributed by atoms with E-state index in [1.54, 1.807) is 0 Å². The molecule has 0 amide bonds. The van der Waals surface area contributed by atoms with Crippen molar-refractivity contribution in [1.82, 2.24) is 4.98 Å². The summed E-state index contributed by atoms with van der Waals surface area (Å²) in [6.07, 6.45) is 3.47. The molecule has 100 valence electrons. The van der Waals surface area contributed by atoms with Crippen LogP contribution in [-0.4, -0.2) is 24.7 Å². The fraction of sp³-hybridized carbons (Fsp3) is 0.538. The number of hydrogen-bond donors (Lipinski definition) is 1. The van der Waals surface area contributed by atoms with Crippen LogP contribution in [0.4, 0.5) is 5.82 Å². The first-order chi connectivity index (χ1) is 8.54. The molecule has 2 N–H and O–H groups in total. The monoisotopic (exact) mass is 252 g/mol. The summed E-state index contributed by atoms with van der Waals surface area (Å²) < 4.78 is 10.2. The van der Waals surface area contributed by atoms with Crippen LogP contribution in [-0.2, 0) is 4.74 Å². The molecule has 0 spiro atoms. The number of methoxy groups -OCH3 is 1. The second-order valence-corrected chi connectivity index (χ2v) is 4.48. The summed E-state index contributed by atoms with van der Waals surface area (Å²) in [6.45, 7) is 4.86. The van der Waals surface area contributed by atoms with Gasteiger partial charge in [-0.1, -0.05) is 13.8 Å². The Kier molecular flexibility index (Phi) is 5.42. The van der Waals surface area contributed by atoms with Gasteiger partial charge in [0.25, 0.3) is 0 Å². The zero-order valence-corrected chi connectivity index (χ0v) is 11.1. The van der Waals surface area contributed by atoms with Crippen molar-refractivity contribution in [3.05, 3.63) is 17.8 Å². The van der Waals surface area contributed by atoms with Gasteiger partial charge in [-0.05, 0) is 24.8 Å². The highest BCUT2D eigenvalue weighted by Crippen LogP contribution is 2.20. The van der Waals surface area contributed by atoms with E-state index >= 15 is 0 Å². The number of hydrogen-bond acceptors (Lipinski definition) is 5. The fourth-order valence-corrected chi connectivity index (χ4v) is 1.52. The van der Waals surface area contributed by atoms with Crippen molar-refractivity contribution in [1.29, 1.82) is 0 Å². The summed E-state index contributed by atoms with van der Waals surface area (Å²) in [4.78, 5) is 15.5. The van der Waals surface area contributed by atoms with E-state index < -0.39 is 5.97 Å². The summed E-state index contributed by atoms with van der Waals surface area (Å²) in [7, 11) is 1.32. The van der Waals surface area contributed by atoms with E-state index in [1.165, 1.54) is 19.4 Å². The van der Waals surface area contributed by atoms with Crippen LogP contribution in [0, 0.1) is 5.92 Å². The SMILES string of the molecule is COC(=O)c1cc(N)ncc1OCCCC(C)C. The lowest BCUT2D eigenvalue weighted by atomic mass is 10.1. The number of nitrogen functional groups attached to an aromatic ring is 1. The summed E-state index contributed by atoms with van der Waals surface area (Å²) in [5.41, 5.74) is 5.85. The maximum Gasteiger partial charge on any atom is 0.341 e. The van der Waals surface area contributed by atoms with Crippen LogP contribution in [0.25, 0.3) is 0 Å². The fourth-order valence-electron chi connectivity index (χ4n) is 1.52. The minimum absolute atomic E-state index is 0.268. The first-order valence-corrected chi connectivity index (χ1v) is 6.01. The van der Waals surface area contributed by atoms with Crippen molar-refractivity contribution in [2.24, 2.45) is 5.92 Å². The normalized spacial score (nSPS) is 10.4. The Hall–Kier alpha value is -1.78. The summed E-state index contributed by atoms with van der Waals surface area (Å²) in [5, 5.41) is 0. The van der Waals surface area contributed by atoms with Crippen molar-refractivity contribution >= 4 is 11.8 Å². The van der Waals surface area contributed by atoms with Crippen molar-refractivity contribution in [2.75, 3.05) is 19.5 Å². The Bertz CT molecular complexity index is 405. The molecule has 0 atom stereocenters. The van der Waals surface area contributed by atoms with E-state index in [-0.39, 0.29) is 5.82 Å². The summed E-state index contributed by atoms with van der Waals surface area (Å²) >= 11 is 0. The molecule has 5 nitrogen and oxygen atoms in total. The number of anilines is 1. The highest BCUT2D eigenvalue weighted by atomic mass is 16.5. The van der Waals surface area contributed by atoms with Crippen LogP contribution in [0.2, 0.25) is 0 Å². The lowest BCUT2D eigenvalue weighted by Gasteiger charge is -2.11. The molecule has 0 fully saturated rings. The highest BCUT2D eigenvalue weighted by molar-refractivity contribution is 5.93. The van der Waals surface area contributed by atoms with Gasteiger partial charge in [0.15, 0.2) is 5.75 Å². The second kappa shape index (κ2) is 6.83. The number of nitrogens with two attached hydrogens (primary N) is 1. The Morgan fingerprint density at radius 3 is 2.83 bits per heavy atom. The molecule has 1 aromatic heterocycles. The van der Waals surface area contributed by atoms with Crippen molar-refractivity contribution in [2.45, 2.75) is 26.7 Å². The number of carbonyl (C=O) groups excluding carboxylic acids is 1. The zero-order chi connectivity index (χ0) is 13.5. The molecule has 0 radical (unpaired) electrons. The molecule has 0 bridgehead atoms. The Balaban J connectivity index is 2.66. The molecule has 0 saturated carbocycles. The van der Waals surface area contributed by atoms with Gasteiger partial charge in [-0.2, -0.15) is 0 Å². The topological polar surface area (TPSA) is 74.4 Å². The number of carbonyl (C=O) groups is 1. The lowest BCUT2D eigenvalue weighted by molar-refractivity contribution is 0.0595. The lowest BCUT2D eigenvalue weighted by Crippen LogP contribution is -2.09. The molecule has 0 saturated heterocycles. The molecule has 1 heterocycles. The quantitative estimate of drug-likeness (QED) is 0.621. The third kappa shape index (κ3) is 4.24. The van der Waals surface area contributed by atoms with Gasteiger partial charge in [0.1, 0.15) is 11.4 Å². The van der Waals surface area contributed by atoms with Gasteiger partial charge in [-0.15, -0.1) is 0 Å². The Morgan fingerprint density at radius 2 is 2.22 bits per heavy atom. The average molecular weight is 252 g/mol. The first kappa shape index (κ1) is 14.3. The Morgan fingerprint density at radius 1 is 1.50 bits per heavy atom. The molecule has 0 aromatic carbocycles. The highest BCUT2D eigenvalue weighted by Gasteiger charge is 2.14. The summed E-state index contributed by atoms with van der Waals surface area (Å²) in [5.74, 6) is 0.853. The molecule has 1 rings (SSSR count). The van der Waals surface area contributed by atoms with Crippen LogP contribution in [0.1, 0.15) is 37.0 Å². The molecular formula is C13H20N2O3. The van der Waals surface area contributed by atoms with Crippen LogP contribution in [0.3, 0.4) is 0 Å². The number of aromatic nitrogens is 1. The predicted molar refractivity (Wildman–Crippen MR) is 69.6 cm³/mol. The molecule has 1 aromatic rings. The van der Waals surface area contributed by atoms with Gasteiger partial charge >= 0.3 is 5.97 Å². The van der Waals surface area contributed by atoms with E-state index in [9.17, 15) is 4.79 Å². The van der Waals surface area contributed by atoms with E-state index in [0.717, 1.165) is 12.8 Å². The Labute approximate surface area is 107 Å². The molecule has 0 aliphatic carbocycles. The number of ether oxygens (including phenoxy) is 2. The largest absolute Gasteiger partial charge is 0.491 e. The minimum Gasteiger partial charge on any atom is -0.491 e. The number of nitrogens with zero attached hydrogens (tertiary/aromatic N) is 1. The van der Waals surface area contributed by atoms with Crippen LogP contribution >= 0.6 is 0 Å². The van der Waals surface area contributed by atoms with Crippen molar-refractivity contribution < 1.29 is 14.3 Å². The maximum absolute atomic E-state index is 11.5. The second-order valence-electron chi connectivity index (χ2n) is 4.48. The van der Waals surface area contributed by atoms with Crippen molar-refractivity contribution in [3.8, 4) is 5.75 Å². The number of rotatable bonds is 6. The maximum atomic E-state index is 11.5. The van der Waals surface area contributed by atoms with Gasteiger partial charge in [0.2, 0.25) is 0 Å². The minimum atomic E-state index is -0.469. The van der Waals surface area contributed by atoms with Gasteiger partial charge in [-0.25, -0.2) is 9.78 Å². The molecular weight excluding hydrogens is 232 g/mol. The third-order valence-corrected chi connectivity index (χ3v) is 2.48. The van der Waals surface area contributed by atoms with Crippen LogP contribution < -0.4 is 10.5 Å². The smallest absolute Gasteiger partial charge is 0.341 e. The predicted octanol–water partition coefficient (Wildman–Crippen LogP) is 2.27. The number of pyridine rings is 1. The van der Waals surface area contributed by atoms with Crippen LogP contribution in [0.5, 0.6) is 5.75 Å². The zero-order valence-electron chi connectivity index (χ0n) is 11.1. The molecule has 5 heteroatoms. The average Bonchev–Trinajstić information content (AvgIpc) is 2.34. The van der Waals surface area contributed by atoms with Gasteiger partial charge in [0.05, 0.1) is 19.9 Å². The third-order valence-electron chi connectivity index (χ3n) is 2.48. The molecule has 18 heavy (non-hydrogen) atoms. The molecule has 0 aliphatic heterocycles. The number of esters is 1. The first-order valence-electron chi connectivity index (χ1n) is 6.01. The van der Waals surface area contributed by atoms with Gasteiger partial charge in [0, 0.05) is 0 Å². The van der Waals surface area contributed by atoms with Gasteiger partial charge in [-0.3, -0.25) is 0 Å². The van der Waals surface area contributed by atoms with Crippen molar-refractivity contribution in [3.63, 3.8) is 0 Å². The molecule has 0 unspecified atom stereocenters. The van der Waals surface area contributed by atoms with E-state index in [2.05, 4.69) is 23.6 Å². The van der Waals surface area contributed by atoms with E-state index in [4.69, 9.17) is 10.5 Å². The van der Waals surface area contributed by atoms with E-state index in [0.29, 0.717) is 23.8 Å².